The maximum Gasteiger partial charge on any atom is 0.199 e. The lowest BCUT2D eigenvalue weighted by atomic mass is 9.92. The van der Waals surface area contributed by atoms with Crippen LogP contribution in [-0.2, 0) is 4.74 Å². The molecule has 0 bridgehead atoms. The van der Waals surface area contributed by atoms with Crippen LogP contribution in [-0.4, -0.2) is 77.4 Å². The number of ether oxygens (including phenoxy) is 1. The first-order valence-corrected chi connectivity index (χ1v) is 7.03. The number of aliphatic hydroxyl groups excluding tert-OH is 4. The zero-order valence-corrected chi connectivity index (χ0v) is 13.9. The fourth-order valence-corrected chi connectivity index (χ4v) is 2.07. The molecule has 0 spiro atoms. The van der Waals surface area contributed by atoms with E-state index in [-0.39, 0.29) is 0 Å². The van der Waals surface area contributed by atoms with Crippen molar-refractivity contribution in [1.82, 2.24) is 0 Å². The van der Waals surface area contributed by atoms with Crippen LogP contribution in [0.15, 0.2) is 0 Å². The van der Waals surface area contributed by atoms with Gasteiger partial charge in [-0.2, -0.15) is 0 Å². The smallest absolute Gasteiger partial charge is 0.199 e. The molecule has 0 saturated heterocycles. The van der Waals surface area contributed by atoms with Crippen molar-refractivity contribution in [3.8, 4) is 0 Å². The topological polar surface area (TPSA) is 131 Å². The molecule has 128 valence electrons. The minimum absolute atomic E-state index is 0.873. The van der Waals surface area contributed by atoms with E-state index in [1.165, 1.54) is 27.7 Å². The first-order valence-electron chi connectivity index (χ1n) is 6.28. The summed E-state index contributed by atoms with van der Waals surface area (Å²) in [5.74, 6) is 0. The van der Waals surface area contributed by atoms with Crippen molar-refractivity contribution in [2.24, 2.45) is 0 Å². The molecule has 0 aliphatic carbocycles. The normalized spacial score (nSPS) is 22.3. The third-order valence-corrected chi connectivity index (χ3v) is 4.75. The van der Waals surface area contributed by atoms with E-state index in [0.717, 1.165) is 0 Å². The third-order valence-electron chi connectivity index (χ3n) is 3.17. The molecule has 0 amide bonds. The second kappa shape index (κ2) is 6.82. The molecule has 0 aromatic rings. The fraction of sp³-hybridized carbons (Fsp3) is 1.00. The Labute approximate surface area is 133 Å². The number of hydrogen-bond donors (Lipinski definition) is 6. The van der Waals surface area contributed by atoms with Gasteiger partial charge < -0.3 is 35.4 Å². The fourth-order valence-electron chi connectivity index (χ4n) is 1.65. The third kappa shape index (κ3) is 4.19. The molecule has 9 heteroatoms. The molecule has 21 heavy (non-hydrogen) atoms. The predicted octanol–water partition coefficient (Wildman–Crippen LogP) is -0.879. The largest absolute Gasteiger partial charge is 0.394 e. The molecule has 0 fully saturated rings. The Balaban J connectivity index is 5.87. The van der Waals surface area contributed by atoms with E-state index < -0.39 is 46.7 Å². The number of alkyl halides is 2. The molecule has 0 heterocycles. The van der Waals surface area contributed by atoms with E-state index in [0.29, 0.717) is 0 Å². The summed E-state index contributed by atoms with van der Waals surface area (Å²) < 4.78 is 5.27. The van der Waals surface area contributed by atoms with Gasteiger partial charge in [-0.15, -0.1) is 0 Å². The first-order chi connectivity index (χ1) is 9.17. The SMILES string of the molecule is CC(C)(O)C(Cl)(OC(Cl)(C(O)CO)C(C)(C)O)C(O)CO. The molecular formula is C12H24Cl2O7. The lowest BCUT2D eigenvalue weighted by Gasteiger charge is -2.49. The Kier molecular flexibility index (Phi) is 6.92. The van der Waals surface area contributed by atoms with Gasteiger partial charge in [0.15, 0.2) is 10.1 Å². The first kappa shape index (κ1) is 21.3. The summed E-state index contributed by atoms with van der Waals surface area (Å²) in [5, 5.41) is 53.4. The van der Waals surface area contributed by atoms with Crippen LogP contribution in [0.3, 0.4) is 0 Å². The number of rotatable bonds is 8. The van der Waals surface area contributed by atoms with Crippen LogP contribution in [0.4, 0.5) is 0 Å². The molecule has 0 aromatic carbocycles. The molecular weight excluding hydrogens is 327 g/mol. The minimum atomic E-state index is -2.36. The minimum Gasteiger partial charge on any atom is -0.394 e. The highest BCUT2D eigenvalue weighted by Crippen LogP contribution is 2.44. The average molecular weight is 351 g/mol. The molecule has 0 rings (SSSR count). The molecule has 7 nitrogen and oxygen atoms in total. The van der Waals surface area contributed by atoms with Crippen LogP contribution in [0.5, 0.6) is 0 Å². The Morgan fingerprint density at radius 1 is 0.810 bits per heavy atom. The predicted molar refractivity (Wildman–Crippen MR) is 77.0 cm³/mol. The van der Waals surface area contributed by atoms with E-state index in [1.54, 1.807) is 0 Å². The van der Waals surface area contributed by atoms with Gasteiger partial charge in [0.2, 0.25) is 0 Å². The van der Waals surface area contributed by atoms with Gasteiger partial charge in [-0.3, -0.25) is 0 Å². The van der Waals surface area contributed by atoms with Gasteiger partial charge in [-0.05, 0) is 27.7 Å². The second-order valence-electron chi connectivity index (χ2n) is 5.91. The zero-order chi connectivity index (χ0) is 17.3. The summed E-state index contributed by atoms with van der Waals surface area (Å²) in [5.41, 5.74) is -3.84. The Morgan fingerprint density at radius 3 is 1.19 bits per heavy atom. The Bertz CT molecular complexity index is 309. The highest BCUT2D eigenvalue weighted by molar-refractivity contribution is 6.26. The second-order valence-corrected chi connectivity index (χ2v) is 7.03. The molecule has 4 unspecified atom stereocenters. The van der Waals surface area contributed by atoms with Crippen molar-refractivity contribution in [3.63, 3.8) is 0 Å². The van der Waals surface area contributed by atoms with Gasteiger partial charge >= 0.3 is 0 Å². The van der Waals surface area contributed by atoms with Crippen molar-refractivity contribution < 1.29 is 35.4 Å². The average Bonchev–Trinajstić information content (AvgIpc) is 2.33. The van der Waals surface area contributed by atoms with Crippen LogP contribution >= 0.6 is 23.2 Å². The van der Waals surface area contributed by atoms with Crippen molar-refractivity contribution in [2.45, 2.75) is 61.2 Å². The maximum atomic E-state index is 10.1. The summed E-state index contributed by atoms with van der Waals surface area (Å²) in [6.07, 6.45) is -3.57. The van der Waals surface area contributed by atoms with Crippen LogP contribution < -0.4 is 0 Å². The van der Waals surface area contributed by atoms with Crippen molar-refractivity contribution in [3.05, 3.63) is 0 Å². The van der Waals surface area contributed by atoms with Gasteiger partial charge in [0.05, 0.1) is 13.2 Å². The standard InChI is InChI=1S/C12H24Cl2O7/c1-9(2,19)11(13,7(17)5-15)21-12(14,8(18)6-16)10(3,4)20/h7-8,15-20H,5-6H2,1-4H3. The summed E-state index contributed by atoms with van der Waals surface area (Å²) >= 11 is 12.2. The van der Waals surface area contributed by atoms with Gasteiger partial charge in [0, 0.05) is 0 Å². The molecule has 0 aliphatic rings. The van der Waals surface area contributed by atoms with Crippen LogP contribution in [0, 0.1) is 0 Å². The van der Waals surface area contributed by atoms with E-state index in [2.05, 4.69) is 0 Å². The van der Waals surface area contributed by atoms with E-state index >= 15 is 0 Å². The van der Waals surface area contributed by atoms with Gasteiger partial charge in [-0.1, -0.05) is 23.2 Å². The number of hydrogen-bond acceptors (Lipinski definition) is 7. The molecule has 0 aromatic heterocycles. The molecule has 0 saturated carbocycles. The van der Waals surface area contributed by atoms with Crippen LogP contribution in [0.25, 0.3) is 0 Å². The Morgan fingerprint density at radius 2 is 1.05 bits per heavy atom. The van der Waals surface area contributed by atoms with Gasteiger partial charge in [0.1, 0.15) is 23.4 Å². The quantitative estimate of drug-likeness (QED) is 0.313. The van der Waals surface area contributed by atoms with Crippen molar-refractivity contribution in [1.29, 1.82) is 0 Å². The van der Waals surface area contributed by atoms with E-state index in [1.807, 2.05) is 0 Å². The number of aliphatic hydroxyl groups is 6. The van der Waals surface area contributed by atoms with Crippen LogP contribution in [0.1, 0.15) is 27.7 Å². The molecule has 4 atom stereocenters. The van der Waals surface area contributed by atoms with Crippen molar-refractivity contribution >= 4 is 23.2 Å². The monoisotopic (exact) mass is 350 g/mol. The van der Waals surface area contributed by atoms with Crippen LogP contribution in [0.2, 0.25) is 0 Å². The highest BCUT2D eigenvalue weighted by Gasteiger charge is 2.60. The van der Waals surface area contributed by atoms with Gasteiger partial charge in [-0.25, -0.2) is 0 Å². The van der Waals surface area contributed by atoms with E-state index in [4.69, 9.17) is 38.2 Å². The zero-order valence-electron chi connectivity index (χ0n) is 12.4. The number of halogens is 2. The molecule has 6 N–H and O–H groups in total. The molecule has 0 radical (unpaired) electrons. The van der Waals surface area contributed by atoms with Crippen molar-refractivity contribution in [2.75, 3.05) is 13.2 Å². The highest BCUT2D eigenvalue weighted by atomic mass is 35.5. The van der Waals surface area contributed by atoms with E-state index in [9.17, 15) is 20.4 Å². The summed E-state index contributed by atoms with van der Waals surface area (Å²) in [6, 6.07) is 0. The summed E-state index contributed by atoms with van der Waals surface area (Å²) in [6.45, 7) is 3.00. The van der Waals surface area contributed by atoms with Gasteiger partial charge in [0.25, 0.3) is 0 Å². The molecule has 0 aliphatic heterocycles. The lowest BCUT2D eigenvalue weighted by Crippen LogP contribution is -2.67. The summed E-state index contributed by atoms with van der Waals surface area (Å²) in [7, 11) is 0. The lowest BCUT2D eigenvalue weighted by molar-refractivity contribution is -0.266. The maximum absolute atomic E-state index is 10.1. The Hall–Kier alpha value is 0.300. The summed E-state index contributed by atoms with van der Waals surface area (Å²) in [4.78, 5) is 0.